The molecule has 4 aromatic rings. The average Bonchev–Trinajstić information content (AvgIpc) is 3.27. The predicted molar refractivity (Wildman–Crippen MR) is 135 cm³/mol. The number of carbonyl (C=O) groups excluding carboxylic acids is 2. The van der Waals surface area contributed by atoms with Crippen LogP contribution in [0.1, 0.15) is 11.1 Å². The summed E-state index contributed by atoms with van der Waals surface area (Å²) in [5.74, 6) is -1.89. The number of aryl methyl sites for hydroxylation is 1. The maximum absolute atomic E-state index is 12.2. The monoisotopic (exact) mass is 491 g/mol. The molecule has 2 N–H and O–H groups in total. The fourth-order valence-corrected chi connectivity index (χ4v) is 3.55. The molecule has 0 spiro atoms. The minimum atomic E-state index is -0.958. The Labute approximate surface area is 206 Å². The van der Waals surface area contributed by atoms with Crippen LogP contribution in [0.3, 0.4) is 0 Å². The maximum Gasteiger partial charge on any atom is 0.329 e. The molecular weight excluding hydrogens is 473 g/mol. The molecule has 0 aliphatic heterocycles. The summed E-state index contributed by atoms with van der Waals surface area (Å²) in [5, 5.41) is 11.5. The van der Waals surface area contributed by atoms with Gasteiger partial charge in [-0.15, -0.1) is 0 Å². The summed E-state index contributed by atoms with van der Waals surface area (Å²) in [6.45, 7) is 2.00. The molecule has 1 heterocycles. The van der Waals surface area contributed by atoms with E-state index in [9.17, 15) is 9.59 Å². The van der Waals surface area contributed by atoms with Gasteiger partial charge in [0, 0.05) is 17.3 Å². The average molecular weight is 492 g/mol. The summed E-state index contributed by atoms with van der Waals surface area (Å²) in [5.41, 5.74) is 6.65. The molecule has 0 fully saturated rings. The van der Waals surface area contributed by atoms with Crippen LogP contribution >= 0.6 is 23.2 Å². The molecule has 3 aromatic carbocycles. The summed E-state index contributed by atoms with van der Waals surface area (Å²) in [6, 6.07) is 22.2. The van der Waals surface area contributed by atoms with Crippen molar-refractivity contribution in [3.63, 3.8) is 0 Å². The van der Waals surface area contributed by atoms with Crippen LogP contribution in [0.5, 0.6) is 0 Å². The van der Waals surface area contributed by atoms with Crippen molar-refractivity contribution in [1.82, 2.24) is 15.2 Å². The largest absolute Gasteiger partial charge is 0.329 e. The zero-order valence-electron chi connectivity index (χ0n) is 18.0. The first-order valence-corrected chi connectivity index (χ1v) is 11.0. The highest BCUT2D eigenvalue weighted by molar-refractivity contribution is 6.45. The molecule has 4 rings (SSSR count). The van der Waals surface area contributed by atoms with Crippen LogP contribution in [0.2, 0.25) is 10.0 Å². The quantitative estimate of drug-likeness (QED) is 0.227. The fraction of sp³-hybridized carbons (Fsp3) is 0.0400. The van der Waals surface area contributed by atoms with Crippen molar-refractivity contribution >= 4 is 46.9 Å². The van der Waals surface area contributed by atoms with Crippen LogP contribution in [0.4, 0.5) is 5.69 Å². The van der Waals surface area contributed by atoms with E-state index in [2.05, 4.69) is 15.8 Å². The SMILES string of the molecule is Cc1cccc(-c2nn(-c3ccccc3)cc2/C=N/NC(=O)C(=O)Nc2cccc(Cl)c2Cl)c1. The van der Waals surface area contributed by atoms with Crippen LogP contribution in [-0.2, 0) is 9.59 Å². The van der Waals surface area contributed by atoms with E-state index in [-0.39, 0.29) is 15.7 Å². The normalized spacial score (nSPS) is 10.9. The van der Waals surface area contributed by atoms with Gasteiger partial charge >= 0.3 is 11.8 Å². The van der Waals surface area contributed by atoms with E-state index >= 15 is 0 Å². The number of benzene rings is 3. The van der Waals surface area contributed by atoms with E-state index in [1.54, 1.807) is 23.0 Å². The van der Waals surface area contributed by atoms with Gasteiger partial charge in [0.15, 0.2) is 0 Å². The molecule has 0 aliphatic carbocycles. The Kier molecular flexibility index (Phi) is 7.06. The summed E-state index contributed by atoms with van der Waals surface area (Å²) in [4.78, 5) is 24.4. The molecule has 1 aromatic heterocycles. The minimum Gasteiger partial charge on any atom is -0.316 e. The van der Waals surface area contributed by atoms with Gasteiger partial charge in [-0.05, 0) is 37.3 Å². The molecule has 0 bridgehead atoms. The molecule has 34 heavy (non-hydrogen) atoms. The highest BCUT2D eigenvalue weighted by Gasteiger charge is 2.16. The summed E-state index contributed by atoms with van der Waals surface area (Å²) < 4.78 is 1.73. The topological polar surface area (TPSA) is 88.4 Å². The van der Waals surface area contributed by atoms with Crippen molar-refractivity contribution in [2.75, 3.05) is 5.32 Å². The molecule has 0 aliphatic rings. The van der Waals surface area contributed by atoms with Crippen molar-refractivity contribution in [3.8, 4) is 16.9 Å². The third kappa shape index (κ3) is 5.33. The number of amides is 2. The Morgan fingerprint density at radius 3 is 2.50 bits per heavy atom. The van der Waals surface area contributed by atoms with E-state index in [1.165, 1.54) is 12.3 Å². The van der Waals surface area contributed by atoms with Gasteiger partial charge in [0.1, 0.15) is 5.69 Å². The molecule has 170 valence electrons. The van der Waals surface area contributed by atoms with Crippen LogP contribution in [0, 0.1) is 6.92 Å². The standard InChI is InChI=1S/C25H19Cl2N5O2/c1-16-7-5-8-17(13-16)23-18(15-32(31-23)19-9-3-2-4-10-19)14-28-30-25(34)24(33)29-21-12-6-11-20(26)22(21)27/h2-15H,1H3,(H,29,33)(H,30,34)/b28-14+. The number of aromatic nitrogens is 2. The number of hydrazone groups is 1. The molecule has 0 radical (unpaired) electrons. The minimum absolute atomic E-state index is 0.143. The lowest BCUT2D eigenvalue weighted by Crippen LogP contribution is -2.32. The number of halogens is 2. The first-order chi connectivity index (χ1) is 16.4. The maximum atomic E-state index is 12.2. The molecule has 2 amide bonds. The number of anilines is 1. The van der Waals surface area contributed by atoms with Crippen molar-refractivity contribution in [1.29, 1.82) is 0 Å². The van der Waals surface area contributed by atoms with Crippen molar-refractivity contribution < 1.29 is 9.59 Å². The lowest BCUT2D eigenvalue weighted by molar-refractivity contribution is -0.136. The van der Waals surface area contributed by atoms with Gasteiger partial charge in [0.25, 0.3) is 0 Å². The molecule has 9 heteroatoms. The Balaban J connectivity index is 1.54. The van der Waals surface area contributed by atoms with Gasteiger partial charge in [-0.3, -0.25) is 9.59 Å². The highest BCUT2D eigenvalue weighted by atomic mass is 35.5. The molecular formula is C25H19Cl2N5O2. The summed E-state index contributed by atoms with van der Waals surface area (Å²) >= 11 is 12.0. The molecule has 0 saturated heterocycles. The second-order valence-electron chi connectivity index (χ2n) is 7.34. The van der Waals surface area contributed by atoms with Gasteiger partial charge in [0.2, 0.25) is 0 Å². The third-order valence-electron chi connectivity index (χ3n) is 4.83. The Bertz CT molecular complexity index is 1380. The third-order valence-corrected chi connectivity index (χ3v) is 5.65. The zero-order valence-corrected chi connectivity index (χ0v) is 19.5. The van der Waals surface area contributed by atoms with Crippen molar-refractivity contribution in [3.05, 3.63) is 100 Å². The number of carbonyl (C=O) groups is 2. The van der Waals surface area contributed by atoms with Gasteiger partial charge < -0.3 is 5.32 Å². The number of rotatable bonds is 5. The zero-order chi connectivity index (χ0) is 24.1. The van der Waals surface area contributed by atoms with Crippen LogP contribution in [0.15, 0.2) is 84.1 Å². The second kappa shape index (κ2) is 10.3. The van der Waals surface area contributed by atoms with Crippen LogP contribution < -0.4 is 10.7 Å². The highest BCUT2D eigenvalue weighted by Crippen LogP contribution is 2.29. The lowest BCUT2D eigenvalue weighted by atomic mass is 10.1. The number of hydrogen-bond acceptors (Lipinski definition) is 4. The molecule has 0 atom stereocenters. The van der Waals surface area contributed by atoms with Gasteiger partial charge in [0.05, 0.1) is 27.6 Å². The summed E-state index contributed by atoms with van der Waals surface area (Å²) in [6.07, 6.45) is 3.25. The van der Waals surface area contributed by atoms with E-state index in [4.69, 9.17) is 28.3 Å². The van der Waals surface area contributed by atoms with Gasteiger partial charge in [-0.25, -0.2) is 10.1 Å². The van der Waals surface area contributed by atoms with Crippen molar-refractivity contribution in [2.24, 2.45) is 5.10 Å². The number of hydrogen-bond donors (Lipinski definition) is 2. The van der Waals surface area contributed by atoms with E-state index in [0.29, 0.717) is 11.3 Å². The molecule has 0 unspecified atom stereocenters. The first kappa shape index (κ1) is 23.2. The second-order valence-corrected chi connectivity index (χ2v) is 8.12. The fourth-order valence-electron chi connectivity index (χ4n) is 3.20. The van der Waals surface area contributed by atoms with E-state index in [1.807, 2.05) is 61.5 Å². The van der Waals surface area contributed by atoms with Gasteiger partial charge in [-0.2, -0.15) is 10.2 Å². The predicted octanol–water partition coefficient (Wildman–Crippen LogP) is 5.24. The first-order valence-electron chi connectivity index (χ1n) is 10.2. The van der Waals surface area contributed by atoms with Gasteiger partial charge in [-0.1, -0.05) is 71.2 Å². The van der Waals surface area contributed by atoms with Crippen LogP contribution in [0.25, 0.3) is 16.9 Å². The number of nitrogens with one attached hydrogen (secondary N) is 2. The molecule has 0 saturated carbocycles. The summed E-state index contributed by atoms with van der Waals surface area (Å²) in [7, 11) is 0. The van der Waals surface area contributed by atoms with E-state index in [0.717, 1.165) is 16.8 Å². The Hall–Kier alpha value is -3.94. The Morgan fingerprint density at radius 2 is 1.74 bits per heavy atom. The Morgan fingerprint density at radius 1 is 0.971 bits per heavy atom. The van der Waals surface area contributed by atoms with Crippen LogP contribution in [-0.4, -0.2) is 27.8 Å². The molecule has 7 nitrogen and oxygen atoms in total. The number of para-hydroxylation sites is 1. The van der Waals surface area contributed by atoms with E-state index < -0.39 is 11.8 Å². The number of nitrogens with zero attached hydrogens (tertiary/aromatic N) is 3. The lowest BCUT2D eigenvalue weighted by Gasteiger charge is -2.06. The smallest absolute Gasteiger partial charge is 0.316 e. The van der Waals surface area contributed by atoms with Crippen molar-refractivity contribution in [2.45, 2.75) is 6.92 Å².